The van der Waals surface area contributed by atoms with Crippen LogP contribution in [0.25, 0.3) is 0 Å². The second kappa shape index (κ2) is 7.69. The van der Waals surface area contributed by atoms with Crippen molar-refractivity contribution < 1.29 is 9.36 Å². The van der Waals surface area contributed by atoms with Crippen molar-refractivity contribution in [2.24, 2.45) is 7.05 Å². The van der Waals surface area contributed by atoms with Crippen LogP contribution >= 0.6 is 0 Å². The maximum Gasteiger partial charge on any atom is 0.345 e. The fourth-order valence-corrected chi connectivity index (χ4v) is 1.89. The average Bonchev–Trinajstić information content (AvgIpc) is 2.78. The lowest BCUT2D eigenvalue weighted by Crippen LogP contribution is -2.40. The van der Waals surface area contributed by atoms with E-state index in [2.05, 4.69) is 11.6 Å². The first-order chi connectivity index (χ1) is 8.66. The van der Waals surface area contributed by atoms with Gasteiger partial charge in [-0.2, -0.15) is 0 Å². The van der Waals surface area contributed by atoms with Crippen LogP contribution in [-0.2, 0) is 7.05 Å². The van der Waals surface area contributed by atoms with E-state index in [1.807, 2.05) is 30.9 Å². The van der Waals surface area contributed by atoms with Gasteiger partial charge in [0.25, 0.3) is 0 Å². The van der Waals surface area contributed by atoms with Crippen molar-refractivity contribution in [2.45, 2.75) is 32.1 Å². The molecule has 1 aromatic heterocycles. The van der Waals surface area contributed by atoms with Crippen LogP contribution in [0.1, 0.15) is 42.7 Å². The number of hydrogen-bond donors (Lipinski definition) is 1. The zero-order chi connectivity index (χ0) is 13.4. The molecule has 0 aliphatic carbocycles. The minimum atomic E-state index is 0.0496. The number of carbonyl (C=O) groups is 1. The summed E-state index contributed by atoms with van der Waals surface area (Å²) in [5.74, 6) is 0.678. The number of unbranched alkanes of at least 4 members (excludes halogenated alkanes) is 4. The Kier molecular flexibility index (Phi) is 6.19. The van der Waals surface area contributed by atoms with E-state index in [1.54, 1.807) is 11.1 Å². The maximum atomic E-state index is 12.1. The third-order valence-corrected chi connectivity index (χ3v) is 3.07. The van der Waals surface area contributed by atoms with E-state index in [1.165, 1.54) is 19.3 Å². The van der Waals surface area contributed by atoms with Crippen LogP contribution in [0.5, 0.6) is 0 Å². The van der Waals surface area contributed by atoms with E-state index >= 15 is 0 Å². The fourth-order valence-electron chi connectivity index (χ4n) is 1.89. The summed E-state index contributed by atoms with van der Waals surface area (Å²) in [6, 6.07) is 0. The molecule has 0 atom stereocenters. The molecule has 1 rings (SSSR count). The summed E-state index contributed by atoms with van der Waals surface area (Å²) in [7, 11) is 3.72. The standard InChI is InChI=1S/C14H23N3O/c1-4-5-6-7-8-9-11-17(3)14(18)13-15-10-12-16(13)2/h4,10,12H,1,5-9,11H2,2-3H3/p+1. The molecule has 0 radical (unpaired) electrons. The van der Waals surface area contributed by atoms with E-state index in [0.717, 1.165) is 19.4 Å². The van der Waals surface area contributed by atoms with Crippen LogP contribution in [-0.4, -0.2) is 29.4 Å². The molecule has 0 fully saturated rings. The number of nitrogens with zero attached hydrogens (tertiary/aromatic N) is 2. The van der Waals surface area contributed by atoms with Crippen molar-refractivity contribution in [2.75, 3.05) is 13.6 Å². The Labute approximate surface area is 109 Å². The highest BCUT2D eigenvalue weighted by Crippen LogP contribution is 2.05. The molecular formula is C14H24N3O+. The van der Waals surface area contributed by atoms with Crippen LogP contribution in [0.4, 0.5) is 0 Å². The number of nitrogens with one attached hydrogen (secondary N) is 1. The number of hydrogen-bond acceptors (Lipinski definition) is 1. The largest absolute Gasteiger partial charge is 0.345 e. The quantitative estimate of drug-likeness (QED) is 0.428. The molecule has 0 bridgehead atoms. The van der Waals surface area contributed by atoms with E-state index in [4.69, 9.17) is 0 Å². The van der Waals surface area contributed by atoms with Crippen molar-refractivity contribution in [3.63, 3.8) is 0 Å². The number of aromatic nitrogens is 2. The minimum Gasteiger partial charge on any atom is -0.335 e. The smallest absolute Gasteiger partial charge is 0.335 e. The first-order valence-electron chi connectivity index (χ1n) is 6.56. The molecule has 1 amide bonds. The van der Waals surface area contributed by atoms with Gasteiger partial charge in [0, 0.05) is 13.6 Å². The van der Waals surface area contributed by atoms with Gasteiger partial charge in [-0.25, -0.2) is 9.55 Å². The van der Waals surface area contributed by atoms with Crippen LogP contribution in [0.3, 0.4) is 0 Å². The van der Waals surface area contributed by atoms with Crippen LogP contribution in [0, 0.1) is 0 Å². The molecule has 1 N–H and O–H groups in total. The highest BCUT2D eigenvalue weighted by atomic mass is 16.2. The molecule has 4 nitrogen and oxygen atoms in total. The number of carbonyl (C=O) groups excluding carboxylic acids is 1. The Morgan fingerprint density at radius 1 is 1.44 bits per heavy atom. The zero-order valence-corrected chi connectivity index (χ0v) is 11.5. The van der Waals surface area contributed by atoms with Crippen LogP contribution in [0.2, 0.25) is 0 Å². The van der Waals surface area contributed by atoms with E-state index in [9.17, 15) is 4.79 Å². The molecule has 1 aromatic rings. The monoisotopic (exact) mass is 250 g/mol. The fraction of sp³-hybridized carbons (Fsp3) is 0.571. The van der Waals surface area contributed by atoms with Gasteiger partial charge in [-0.3, -0.25) is 4.79 Å². The summed E-state index contributed by atoms with van der Waals surface area (Å²) in [5, 5.41) is 0. The number of amides is 1. The summed E-state index contributed by atoms with van der Waals surface area (Å²) < 4.78 is 1.81. The topological polar surface area (TPSA) is 40.0 Å². The van der Waals surface area contributed by atoms with Gasteiger partial charge in [-0.15, -0.1) is 6.58 Å². The molecule has 0 aromatic carbocycles. The SMILES string of the molecule is C=CCCCCCCN(C)C(=O)c1[nH]cc[n+]1C. The number of H-pyrrole nitrogens is 1. The Balaban J connectivity index is 2.24. The predicted molar refractivity (Wildman–Crippen MR) is 72.2 cm³/mol. The highest BCUT2D eigenvalue weighted by Gasteiger charge is 2.21. The van der Waals surface area contributed by atoms with E-state index in [-0.39, 0.29) is 5.91 Å². The first-order valence-corrected chi connectivity index (χ1v) is 6.56. The molecule has 1 heterocycles. The summed E-state index contributed by atoms with van der Waals surface area (Å²) in [4.78, 5) is 16.8. The van der Waals surface area contributed by atoms with Crippen molar-refractivity contribution in [1.29, 1.82) is 0 Å². The van der Waals surface area contributed by atoms with Gasteiger partial charge in [0.1, 0.15) is 12.4 Å². The van der Waals surface area contributed by atoms with Gasteiger partial charge in [0.2, 0.25) is 0 Å². The summed E-state index contributed by atoms with van der Waals surface area (Å²) >= 11 is 0. The Morgan fingerprint density at radius 2 is 2.17 bits per heavy atom. The number of rotatable bonds is 8. The second-order valence-electron chi connectivity index (χ2n) is 4.64. The van der Waals surface area contributed by atoms with Crippen LogP contribution in [0.15, 0.2) is 25.0 Å². The van der Waals surface area contributed by atoms with Gasteiger partial charge in [0.05, 0.1) is 7.05 Å². The maximum absolute atomic E-state index is 12.1. The van der Waals surface area contributed by atoms with E-state index in [0.29, 0.717) is 5.82 Å². The van der Waals surface area contributed by atoms with Gasteiger partial charge in [-0.05, 0) is 19.3 Å². The summed E-state index contributed by atoms with van der Waals surface area (Å²) in [6.45, 7) is 4.52. The summed E-state index contributed by atoms with van der Waals surface area (Å²) in [5.41, 5.74) is 0. The third kappa shape index (κ3) is 4.35. The molecule has 4 heteroatoms. The molecule has 0 aliphatic rings. The predicted octanol–water partition coefficient (Wildman–Crippen LogP) is 2.05. The number of allylic oxidation sites excluding steroid dienone is 1. The number of imidazole rings is 1. The minimum absolute atomic E-state index is 0.0496. The Morgan fingerprint density at radius 3 is 2.78 bits per heavy atom. The van der Waals surface area contributed by atoms with Gasteiger partial charge >= 0.3 is 11.7 Å². The van der Waals surface area contributed by atoms with E-state index < -0.39 is 0 Å². The van der Waals surface area contributed by atoms with Crippen molar-refractivity contribution in [3.05, 3.63) is 30.9 Å². The Bertz CT molecular complexity index is 384. The van der Waals surface area contributed by atoms with Gasteiger partial charge < -0.3 is 4.90 Å². The number of aromatic amines is 1. The van der Waals surface area contributed by atoms with Gasteiger partial charge in [0.15, 0.2) is 0 Å². The van der Waals surface area contributed by atoms with Gasteiger partial charge in [-0.1, -0.05) is 18.9 Å². The second-order valence-corrected chi connectivity index (χ2v) is 4.64. The Hall–Kier alpha value is -1.58. The lowest BCUT2D eigenvalue weighted by molar-refractivity contribution is -0.672. The zero-order valence-electron chi connectivity index (χ0n) is 11.5. The molecule has 0 aliphatic heterocycles. The first kappa shape index (κ1) is 14.5. The van der Waals surface area contributed by atoms with Crippen molar-refractivity contribution in [3.8, 4) is 0 Å². The molecule has 0 unspecified atom stereocenters. The van der Waals surface area contributed by atoms with Crippen molar-refractivity contribution in [1.82, 2.24) is 9.88 Å². The highest BCUT2D eigenvalue weighted by molar-refractivity contribution is 5.88. The number of aryl methyl sites for hydroxylation is 1. The molecule has 0 spiro atoms. The lowest BCUT2D eigenvalue weighted by Gasteiger charge is -2.14. The third-order valence-electron chi connectivity index (χ3n) is 3.07. The summed E-state index contributed by atoms with van der Waals surface area (Å²) in [6.07, 6.45) is 11.3. The molecular weight excluding hydrogens is 226 g/mol. The molecule has 100 valence electrons. The average molecular weight is 250 g/mol. The molecule has 18 heavy (non-hydrogen) atoms. The lowest BCUT2D eigenvalue weighted by atomic mass is 10.1. The van der Waals surface area contributed by atoms with Crippen LogP contribution < -0.4 is 4.57 Å². The molecule has 0 saturated heterocycles. The van der Waals surface area contributed by atoms with Crippen molar-refractivity contribution >= 4 is 5.91 Å². The molecule has 0 saturated carbocycles. The normalized spacial score (nSPS) is 10.3.